The number of aromatic nitrogens is 2. The molecule has 0 radical (unpaired) electrons. The van der Waals surface area contributed by atoms with Crippen LogP contribution in [0.25, 0.3) is 0 Å². The fourth-order valence-electron chi connectivity index (χ4n) is 1.62. The highest BCUT2D eigenvalue weighted by molar-refractivity contribution is 6.44. The maximum absolute atomic E-state index is 12.0. The SMILES string of the molecule is Cn1nccc1CNC(=O)c1cc(N)cc(Cl)c1Cl. The summed E-state index contributed by atoms with van der Waals surface area (Å²) in [6.07, 6.45) is 1.66. The van der Waals surface area contributed by atoms with Crippen molar-refractivity contribution in [1.82, 2.24) is 15.1 Å². The van der Waals surface area contributed by atoms with Crippen molar-refractivity contribution in [3.8, 4) is 0 Å². The van der Waals surface area contributed by atoms with Crippen LogP contribution < -0.4 is 11.1 Å². The Morgan fingerprint density at radius 1 is 1.47 bits per heavy atom. The molecule has 100 valence electrons. The van der Waals surface area contributed by atoms with Gasteiger partial charge < -0.3 is 11.1 Å². The van der Waals surface area contributed by atoms with Crippen molar-refractivity contribution in [2.24, 2.45) is 7.05 Å². The second-order valence-corrected chi connectivity index (χ2v) is 4.78. The Hall–Kier alpha value is -1.72. The highest BCUT2D eigenvalue weighted by atomic mass is 35.5. The van der Waals surface area contributed by atoms with E-state index in [0.717, 1.165) is 5.69 Å². The second kappa shape index (κ2) is 5.50. The van der Waals surface area contributed by atoms with E-state index in [1.807, 2.05) is 6.07 Å². The molecule has 7 heteroatoms. The minimum atomic E-state index is -0.333. The molecule has 0 fully saturated rings. The van der Waals surface area contributed by atoms with E-state index in [-0.39, 0.29) is 21.5 Å². The molecule has 1 aromatic carbocycles. The predicted octanol–water partition coefficient (Wildman–Crippen LogP) is 2.24. The summed E-state index contributed by atoms with van der Waals surface area (Å²) in [6.45, 7) is 0.345. The number of benzene rings is 1. The van der Waals surface area contributed by atoms with Gasteiger partial charge in [-0.15, -0.1) is 0 Å². The summed E-state index contributed by atoms with van der Waals surface area (Å²) in [5.41, 5.74) is 7.17. The lowest BCUT2D eigenvalue weighted by atomic mass is 10.2. The Morgan fingerprint density at radius 3 is 2.84 bits per heavy atom. The van der Waals surface area contributed by atoms with Crippen LogP contribution in [0.3, 0.4) is 0 Å². The molecule has 0 saturated carbocycles. The van der Waals surface area contributed by atoms with Gasteiger partial charge in [0.25, 0.3) is 5.91 Å². The van der Waals surface area contributed by atoms with E-state index in [1.165, 1.54) is 12.1 Å². The number of amides is 1. The monoisotopic (exact) mass is 298 g/mol. The maximum Gasteiger partial charge on any atom is 0.253 e. The van der Waals surface area contributed by atoms with Crippen molar-refractivity contribution in [1.29, 1.82) is 0 Å². The molecule has 2 rings (SSSR count). The zero-order valence-corrected chi connectivity index (χ0v) is 11.7. The van der Waals surface area contributed by atoms with Crippen molar-refractivity contribution >= 4 is 34.8 Å². The molecule has 0 aliphatic carbocycles. The lowest BCUT2D eigenvalue weighted by Crippen LogP contribution is -2.24. The number of nitrogens with one attached hydrogen (secondary N) is 1. The first-order valence-corrected chi connectivity index (χ1v) is 6.24. The molecule has 1 amide bonds. The zero-order chi connectivity index (χ0) is 14.0. The van der Waals surface area contributed by atoms with E-state index < -0.39 is 0 Å². The van der Waals surface area contributed by atoms with E-state index in [2.05, 4.69) is 10.4 Å². The standard InChI is InChI=1S/C12H12Cl2N4O/c1-18-8(2-3-17-18)6-16-12(19)9-4-7(15)5-10(13)11(9)14/h2-5H,6,15H2,1H3,(H,16,19). The van der Waals surface area contributed by atoms with Crippen LogP contribution in [0.4, 0.5) is 5.69 Å². The Bertz CT molecular complexity index is 624. The van der Waals surface area contributed by atoms with Crippen LogP contribution in [0, 0.1) is 0 Å². The summed E-state index contributed by atoms with van der Waals surface area (Å²) in [7, 11) is 1.80. The first-order valence-electron chi connectivity index (χ1n) is 5.48. The Balaban J connectivity index is 2.15. The number of nitrogen functional groups attached to an aromatic ring is 1. The summed E-state index contributed by atoms with van der Waals surface area (Å²) in [5, 5.41) is 7.20. The average molecular weight is 299 g/mol. The highest BCUT2D eigenvalue weighted by Gasteiger charge is 2.14. The summed E-state index contributed by atoms with van der Waals surface area (Å²) in [5.74, 6) is -0.333. The molecule has 3 N–H and O–H groups in total. The van der Waals surface area contributed by atoms with Crippen LogP contribution >= 0.6 is 23.2 Å². The van der Waals surface area contributed by atoms with Gasteiger partial charge in [-0.1, -0.05) is 23.2 Å². The van der Waals surface area contributed by atoms with Gasteiger partial charge in [0, 0.05) is 18.9 Å². The van der Waals surface area contributed by atoms with Crippen LogP contribution in [-0.2, 0) is 13.6 Å². The predicted molar refractivity (Wildman–Crippen MR) is 75.3 cm³/mol. The van der Waals surface area contributed by atoms with Crippen LogP contribution in [0.15, 0.2) is 24.4 Å². The van der Waals surface area contributed by atoms with Crippen molar-refractivity contribution in [2.45, 2.75) is 6.54 Å². The molecule has 5 nitrogen and oxygen atoms in total. The lowest BCUT2D eigenvalue weighted by Gasteiger charge is -2.09. The van der Waals surface area contributed by atoms with Gasteiger partial charge >= 0.3 is 0 Å². The molecule has 0 atom stereocenters. The number of rotatable bonds is 3. The van der Waals surface area contributed by atoms with Gasteiger partial charge in [-0.3, -0.25) is 9.48 Å². The lowest BCUT2D eigenvalue weighted by molar-refractivity contribution is 0.0950. The number of anilines is 1. The quantitative estimate of drug-likeness (QED) is 0.854. The molecule has 0 aliphatic rings. The second-order valence-electron chi connectivity index (χ2n) is 3.99. The third-order valence-corrected chi connectivity index (χ3v) is 3.45. The highest BCUT2D eigenvalue weighted by Crippen LogP contribution is 2.28. The van der Waals surface area contributed by atoms with Gasteiger partial charge in [0.15, 0.2) is 0 Å². The first-order chi connectivity index (χ1) is 8.99. The normalized spacial score (nSPS) is 10.5. The van der Waals surface area contributed by atoms with Crippen molar-refractivity contribution in [2.75, 3.05) is 5.73 Å². The molecule has 0 bridgehead atoms. The molecule has 1 heterocycles. The molecule has 2 aromatic rings. The van der Waals surface area contributed by atoms with Crippen LogP contribution in [0.1, 0.15) is 16.1 Å². The van der Waals surface area contributed by atoms with Crippen LogP contribution in [-0.4, -0.2) is 15.7 Å². The first kappa shape index (κ1) is 13.7. The van der Waals surface area contributed by atoms with E-state index in [9.17, 15) is 4.79 Å². The fraction of sp³-hybridized carbons (Fsp3) is 0.167. The zero-order valence-electron chi connectivity index (χ0n) is 10.2. The number of nitrogens with two attached hydrogens (primary N) is 1. The van der Waals surface area contributed by atoms with E-state index in [1.54, 1.807) is 17.9 Å². The van der Waals surface area contributed by atoms with Crippen LogP contribution in [0.5, 0.6) is 0 Å². The van der Waals surface area contributed by atoms with Gasteiger partial charge in [0.05, 0.1) is 27.8 Å². The summed E-state index contributed by atoms with van der Waals surface area (Å²) >= 11 is 11.9. The molecular formula is C12H12Cl2N4O. The minimum Gasteiger partial charge on any atom is -0.399 e. The van der Waals surface area contributed by atoms with Crippen molar-refractivity contribution in [3.05, 3.63) is 45.7 Å². The van der Waals surface area contributed by atoms with Gasteiger partial charge in [0.2, 0.25) is 0 Å². The van der Waals surface area contributed by atoms with Gasteiger partial charge in [0.1, 0.15) is 0 Å². The molecule has 0 unspecified atom stereocenters. The minimum absolute atomic E-state index is 0.193. The smallest absolute Gasteiger partial charge is 0.253 e. The van der Waals surface area contributed by atoms with Crippen molar-refractivity contribution < 1.29 is 4.79 Å². The third-order valence-electron chi connectivity index (χ3n) is 2.65. The Kier molecular flexibility index (Phi) is 3.97. The summed E-state index contributed by atoms with van der Waals surface area (Å²) in [4.78, 5) is 12.0. The van der Waals surface area contributed by atoms with Gasteiger partial charge in [-0.2, -0.15) is 5.10 Å². The van der Waals surface area contributed by atoms with Crippen molar-refractivity contribution in [3.63, 3.8) is 0 Å². The summed E-state index contributed by atoms with van der Waals surface area (Å²) < 4.78 is 1.67. The number of hydrogen-bond acceptors (Lipinski definition) is 3. The molecule has 1 aromatic heterocycles. The Morgan fingerprint density at radius 2 is 2.21 bits per heavy atom. The fourth-order valence-corrected chi connectivity index (χ4v) is 2.04. The largest absolute Gasteiger partial charge is 0.399 e. The van der Waals surface area contributed by atoms with E-state index in [4.69, 9.17) is 28.9 Å². The number of hydrogen-bond donors (Lipinski definition) is 2. The topological polar surface area (TPSA) is 72.9 Å². The number of aryl methyl sites for hydroxylation is 1. The van der Waals surface area contributed by atoms with Crippen LogP contribution in [0.2, 0.25) is 10.0 Å². The molecule has 19 heavy (non-hydrogen) atoms. The number of carbonyl (C=O) groups is 1. The van der Waals surface area contributed by atoms with E-state index in [0.29, 0.717) is 12.2 Å². The van der Waals surface area contributed by atoms with E-state index >= 15 is 0 Å². The third kappa shape index (κ3) is 3.00. The molecular weight excluding hydrogens is 287 g/mol. The maximum atomic E-state index is 12.0. The number of carbonyl (C=O) groups excluding carboxylic acids is 1. The van der Waals surface area contributed by atoms with Gasteiger partial charge in [-0.25, -0.2) is 0 Å². The molecule has 0 aliphatic heterocycles. The summed E-state index contributed by atoms with van der Waals surface area (Å²) in [6, 6.07) is 4.81. The number of nitrogens with zero attached hydrogens (tertiary/aromatic N) is 2. The molecule has 0 saturated heterocycles. The molecule has 0 spiro atoms. The average Bonchev–Trinajstić information content (AvgIpc) is 2.76. The Labute approximate surface area is 120 Å². The number of halogens is 2. The van der Waals surface area contributed by atoms with Gasteiger partial charge in [-0.05, 0) is 18.2 Å².